The number of carbonyl (C=O) groups is 1. The molecule has 0 fully saturated rings. The van der Waals surface area contributed by atoms with Gasteiger partial charge in [0.1, 0.15) is 5.65 Å². The van der Waals surface area contributed by atoms with E-state index in [9.17, 15) is 13.2 Å². The first-order valence-corrected chi connectivity index (χ1v) is 10.1. The van der Waals surface area contributed by atoms with Gasteiger partial charge in [-0.2, -0.15) is 0 Å². The van der Waals surface area contributed by atoms with E-state index in [1.54, 1.807) is 12.3 Å². The van der Waals surface area contributed by atoms with E-state index in [1.807, 2.05) is 28.8 Å². The SMILES string of the molecule is O=C(Cc1cn2ccccc2n1)Nc1ccc(S(=O)(=O)Nc2ncccn2)cc1. The van der Waals surface area contributed by atoms with Crippen LogP contribution in [0.4, 0.5) is 11.6 Å². The zero-order chi connectivity index (χ0) is 20.3. The Balaban J connectivity index is 1.41. The Bertz CT molecular complexity index is 1220. The van der Waals surface area contributed by atoms with Gasteiger partial charge in [0.2, 0.25) is 11.9 Å². The van der Waals surface area contributed by atoms with Crippen LogP contribution in [0, 0.1) is 0 Å². The highest BCUT2D eigenvalue weighted by Crippen LogP contribution is 2.16. The van der Waals surface area contributed by atoms with Gasteiger partial charge in [0.15, 0.2) is 0 Å². The Morgan fingerprint density at radius 3 is 2.48 bits per heavy atom. The molecule has 4 rings (SSSR count). The number of sulfonamides is 1. The molecule has 0 aliphatic rings. The fourth-order valence-corrected chi connectivity index (χ4v) is 3.65. The van der Waals surface area contributed by atoms with Crippen molar-refractivity contribution in [3.05, 3.63) is 79.0 Å². The topological polar surface area (TPSA) is 118 Å². The summed E-state index contributed by atoms with van der Waals surface area (Å²) in [6, 6.07) is 13.0. The largest absolute Gasteiger partial charge is 0.326 e. The Kier molecular flexibility index (Phi) is 4.92. The molecule has 0 unspecified atom stereocenters. The first-order chi connectivity index (χ1) is 14.0. The molecule has 0 aliphatic carbocycles. The van der Waals surface area contributed by atoms with Crippen LogP contribution in [0.3, 0.4) is 0 Å². The number of nitrogens with zero attached hydrogens (tertiary/aromatic N) is 4. The van der Waals surface area contributed by atoms with E-state index in [-0.39, 0.29) is 23.2 Å². The molecule has 4 aromatic rings. The highest BCUT2D eigenvalue weighted by Gasteiger charge is 2.16. The van der Waals surface area contributed by atoms with Crippen LogP contribution in [0.1, 0.15) is 5.69 Å². The Hall–Kier alpha value is -3.79. The van der Waals surface area contributed by atoms with Gasteiger partial charge < -0.3 is 9.72 Å². The van der Waals surface area contributed by atoms with Gasteiger partial charge in [0.25, 0.3) is 10.0 Å². The van der Waals surface area contributed by atoms with Gasteiger partial charge in [-0.3, -0.25) is 4.79 Å². The van der Waals surface area contributed by atoms with E-state index in [2.05, 4.69) is 25.0 Å². The molecule has 0 spiro atoms. The van der Waals surface area contributed by atoms with Crippen molar-refractivity contribution in [2.45, 2.75) is 11.3 Å². The number of fused-ring (bicyclic) bond motifs is 1. The van der Waals surface area contributed by atoms with Crippen molar-refractivity contribution in [3.63, 3.8) is 0 Å². The molecule has 146 valence electrons. The number of carbonyl (C=O) groups excluding carboxylic acids is 1. The number of imidazole rings is 1. The number of rotatable bonds is 6. The second-order valence-electron chi connectivity index (χ2n) is 6.13. The lowest BCUT2D eigenvalue weighted by molar-refractivity contribution is -0.115. The minimum atomic E-state index is -3.82. The number of pyridine rings is 1. The van der Waals surface area contributed by atoms with Crippen molar-refractivity contribution in [2.75, 3.05) is 10.0 Å². The van der Waals surface area contributed by atoms with Crippen LogP contribution in [-0.4, -0.2) is 33.7 Å². The summed E-state index contributed by atoms with van der Waals surface area (Å²) in [6.07, 6.45) is 6.63. The van der Waals surface area contributed by atoms with Crippen molar-refractivity contribution in [3.8, 4) is 0 Å². The third-order valence-corrected chi connectivity index (χ3v) is 5.34. The molecule has 1 aromatic carbocycles. The normalized spacial score (nSPS) is 11.3. The molecular weight excluding hydrogens is 392 g/mol. The average Bonchev–Trinajstić information content (AvgIpc) is 3.11. The predicted octanol–water partition coefficient (Wildman–Crippen LogP) is 2.11. The smallest absolute Gasteiger partial charge is 0.264 e. The first-order valence-electron chi connectivity index (χ1n) is 8.62. The van der Waals surface area contributed by atoms with Crippen molar-refractivity contribution in [1.29, 1.82) is 0 Å². The van der Waals surface area contributed by atoms with Crippen LogP contribution >= 0.6 is 0 Å². The second-order valence-corrected chi connectivity index (χ2v) is 7.81. The van der Waals surface area contributed by atoms with Crippen molar-refractivity contribution >= 4 is 33.2 Å². The van der Waals surface area contributed by atoms with E-state index in [0.29, 0.717) is 11.4 Å². The van der Waals surface area contributed by atoms with Crippen LogP contribution in [0.2, 0.25) is 0 Å². The van der Waals surface area contributed by atoms with Gasteiger partial charge in [-0.15, -0.1) is 0 Å². The van der Waals surface area contributed by atoms with E-state index in [1.165, 1.54) is 36.7 Å². The molecular formula is C19H16N6O3S. The number of hydrogen-bond donors (Lipinski definition) is 2. The summed E-state index contributed by atoms with van der Waals surface area (Å²) in [5.74, 6) is -0.267. The second kappa shape index (κ2) is 7.68. The van der Waals surface area contributed by atoms with E-state index >= 15 is 0 Å². The number of aromatic nitrogens is 4. The molecule has 0 radical (unpaired) electrons. The molecule has 0 saturated carbocycles. The zero-order valence-corrected chi connectivity index (χ0v) is 15.9. The van der Waals surface area contributed by atoms with Crippen molar-refractivity contribution in [2.24, 2.45) is 0 Å². The minimum absolute atomic E-state index is 0.0164. The van der Waals surface area contributed by atoms with Gasteiger partial charge in [-0.25, -0.2) is 28.1 Å². The molecule has 1 amide bonds. The first kappa shape index (κ1) is 18.6. The van der Waals surface area contributed by atoms with Gasteiger partial charge in [0.05, 0.1) is 17.0 Å². The van der Waals surface area contributed by atoms with E-state index < -0.39 is 10.0 Å². The third-order valence-electron chi connectivity index (χ3n) is 4.00. The number of nitrogens with one attached hydrogen (secondary N) is 2. The van der Waals surface area contributed by atoms with Crippen LogP contribution in [-0.2, 0) is 21.2 Å². The Labute approximate surface area is 166 Å². The summed E-state index contributed by atoms with van der Waals surface area (Å²) in [6.45, 7) is 0. The average molecular weight is 408 g/mol. The quantitative estimate of drug-likeness (QED) is 0.504. The molecule has 0 bridgehead atoms. The van der Waals surface area contributed by atoms with Gasteiger partial charge in [-0.05, 0) is 42.5 Å². The molecule has 3 heterocycles. The van der Waals surface area contributed by atoms with Gasteiger partial charge >= 0.3 is 0 Å². The molecule has 0 aliphatic heterocycles. The fraction of sp³-hybridized carbons (Fsp3) is 0.0526. The van der Waals surface area contributed by atoms with Crippen LogP contribution < -0.4 is 10.0 Å². The number of hydrogen-bond acceptors (Lipinski definition) is 6. The van der Waals surface area contributed by atoms with Crippen LogP contribution in [0.5, 0.6) is 0 Å². The Morgan fingerprint density at radius 2 is 1.76 bits per heavy atom. The third kappa shape index (κ3) is 4.38. The Morgan fingerprint density at radius 1 is 1.00 bits per heavy atom. The lowest BCUT2D eigenvalue weighted by atomic mass is 10.3. The lowest BCUT2D eigenvalue weighted by Gasteiger charge is -2.08. The maximum absolute atomic E-state index is 12.4. The lowest BCUT2D eigenvalue weighted by Crippen LogP contribution is -2.16. The fourth-order valence-electron chi connectivity index (χ4n) is 2.69. The predicted molar refractivity (Wildman–Crippen MR) is 107 cm³/mol. The number of anilines is 2. The molecule has 0 atom stereocenters. The summed E-state index contributed by atoms with van der Waals surface area (Å²) in [5.41, 5.74) is 1.88. The van der Waals surface area contributed by atoms with Crippen molar-refractivity contribution in [1.82, 2.24) is 19.4 Å². The summed E-state index contributed by atoms with van der Waals surface area (Å²) >= 11 is 0. The minimum Gasteiger partial charge on any atom is -0.326 e. The van der Waals surface area contributed by atoms with Crippen molar-refractivity contribution < 1.29 is 13.2 Å². The van der Waals surface area contributed by atoms with Gasteiger partial charge in [-0.1, -0.05) is 6.07 Å². The van der Waals surface area contributed by atoms with Gasteiger partial charge in [0, 0.05) is 30.5 Å². The molecule has 0 saturated heterocycles. The molecule has 3 aromatic heterocycles. The summed E-state index contributed by atoms with van der Waals surface area (Å²) in [4.78, 5) is 24.4. The maximum atomic E-state index is 12.4. The van der Waals surface area contributed by atoms with E-state index in [4.69, 9.17) is 0 Å². The molecule has 10 heteroatoms. The monoisotopic (exact) mass is 408 g/mol. The molecule has 2 N–H and O–H groups in total. The standard InChI is InChI=1S/C19H16N6O3S/c26-18(12-15-13-25-11-2-1-4-17(25)22-15)23-14-5-7-16(8-6-14)29(27,28)24-19-20-9-3-10-21-19/h1-11,13H,12H2,(H,23,26)(H,20,21,24). The van der Waals surface area contributed by atoms with Crippen LogP contribution in [0.25, 0.3) is 5.65 Å². The zero-order valence-electron chi connectivity index (χ0n) is 15.1. The highest BCUT2D eigenvalue weighted by molar-refractivity contribution is 7.92. The van der Waals surface area contributed by atoms with E-state index in [0.717, 1.165) is 5.65 Å². The molecule has 9 nitrogen and oxygen atoms in total. The highest BCUT2D eigenvalue weighted by atomic mass is 32.2. The molecule has 29 heavy (non-hydrogen) atoms. The summed E-state index contributed by atoms with van der Waals surface area (Å²) in [5, 5.41) is 2.73. The van der Waals surface area contributed by atoms with Crippen LogP contribution in [0.15, 0.2) is 78.2 Å². The summed E-state index contributed by atoms with van der Waals surface area (Å²) < 4.78 is 28.9. The number of benzene rings is 1. The maximum Gasteiger partial charge on any atom is 0.264 e. The number of amides is 1. The summed E-state index contributed by atoms with van der Waals surface area (Å²) in [7, 11) is -3.82.